The summed E-state index contributed by atoms with van der Waals surface area (Å²) >= 11 is 0. The van der Waals surface area contributed by atoms with Crippen LogP contribution in [0.4, 0.5) is 0 Å². The maximum Gasteiger partial charge on any atom is 0.238 e. The van der Waals surface area contributed by atoms with Crippen LogP contribution in [-0.2, 0) is 0 Å². The van der Waals surface area contributed by atoms with Crippen molar-refractivity contribution < 1.29 is 4.42 Å². The maximum atomic E-state index is 7.03. The molecule has 4 aromatic heterocycles. The van der Waals surface area contributed by atoms with Gasteiger partial charge in [0.25, 0.3) is 0 Å². The van der Waals surface area contributed by atoms with Crippen LogP contribution in [0, 0.1) is 0 Å². The molecule has 8 aromatic carbocycles. The Balaban J connectivity index is 1.11. The number of benzene rings is 8. The summed E-state index contributed by atoms with van der Waals surface area (Å²) in [6.07, 6.45) is 0. The molecule has 59 heavy (non-hydrogen) atoms. The molecular weight excluding hydrogens is 725 g/mol. The zero-order valence-corrected chi connectivity index (χ0v) is 31.6. The van der Waals surface area contributed by atoms with Crippen LogP contribution in [0.25, 0.3) is 112 Å². The zero-order valence-electron chi connectivity index (χ0n) is 31.6. The van der Waals surface area contributed by atoms with Crippen molar-refractivity contribution in [2.75, 3.05) is 0 Å². The van der Waals surface area contributed by atoms with Crippen LogP contribution < -0.4 is 0 Å². The molecule has 4 heterocycles. The van der Waals surface area contributed by atoms with E-state index in [2.05, 4.69) is 155 Å². The summed E-state index contributed by atoms with van der Waals surface area (Å²) < 4.78 is 11.4. The summed E-state index contributed by atoms with van der Waals surface area (Å²) in [5.74, 6) is 2.41. The van der Waals surface area contributed by atoms with E-state index in [1.165, 1.54) is 0 Å². The minimum Gasteiger partial charge on any atom is -0.455 e. The van der Waals surface area contributed by atoms with Gasteiger partial charge in [-0.1, -0.05) is 146 Å². The van der Waals surface area contributed by atoms with Crippen LogP contribution in [0.3, 0.4) is 0 Å². The lowest BCUT2D eigenvalue weighted by Gasteiger charge is -2.11. The molecule has 0 aliphatic carbocycles. The molecule has 0 spiro atoms. The summed E-state index contributed by atoms with van der Waals surface area (Å²) in [7, 11) is 0. The van der Waals surface area contributed by atoms with Gasteiger partial charge in [0.1, 0.15) is 17.0 Å². The van der Waals surface area contributed by atoms with Gasteiger partial charge in [-0.05, 0) is 59.7 Å². The van der Waals surface area contributed by atoms with Gasteiger partial charge in [0.15, 0.2) is 11.6 Å². The number of rotatable bonds is 6. The molecule has 0 fully saturated rings. The van der Waals surface area contributed by atoms with Crippen LogP contribution in [0.1, 0.15) is 0 Å². The molecule has 0 aliphatic heterocycles. The minimum atomic E-state index is 0.515. The fourth-order valence-electron chi connectivity index (χ4n) is 8.61. The fraction of sp³-hybridized carbons (Fsp3) is 0. The molecule has 0 radical (unpaired) electrons. The molecule has 0 amide bonds. The van der Waals surface area contributed by atoms with Crippen LogP contribution in [0.2, 0.25) is 0 Å². The first kappa shape index (κ1) is 33.0. The van der Waals surface area contributed by atoms with Gasteiger partial charge in [-0.25, -0.2) is 9.97 Å². The highest BCUT2D eigenvalue weighted by molar-refractivity contribution is 6.16. The SMILES string of the molecule is c1ccc(-c2nc(-c3cccc4c3oc3c(-c5nc6ccccc6n5-c5ccccc5)cccc34)nc(-n3c4ccccc4c4c(-c5ccccc5)cccc43)n2)cc1. The minimum absolute atomic E-state index is 0.515. The summed E-state index contributed by atoms with van der Waals surface area (Å²) in [6.45, 7) is 0. The van der Waals surface area contributed by atoms with Crippen molar-refractivity contribution in [2.24, 2.45) is 0 Å². The van der Waals surface area contributed by atoms with E-state index >= 15 is 0 Å². The van der Waals surface area contributed by atoms with E-state index in [0.29, 0.717) is 23.2 Å². The van der Waals surface area contributed by atoms with Crippen molar-refractivity contribution in [3.05, 3.63) is 194 Å². The second kappa shape index (κ2) is 13.2. The van der Waals surface area contributed by atoms with E-state index in [1.54, 1.807) is 0 Å². The number of furan rings is 1. The molecular formula is C52H32N6O. The van der Waals surface area contributed by atoms with E-state index in [9.17, 15) is 0 Å². The molecule has 0 saturated heterocycles. The van der Waals surface area contributed by atoms with E-state index in [0.717, 1.165) is 88.5 Å². The molecule has 0 atom stereocenters. The van der Waals surface area contributed by atoms with E-state index in [-0.39, 0.29) is 0 Å². The molecule has 7 nitrogen and oxygen atoms in total. The zero-order chi connectivity index (χ0) is 38.9. The number of fused-ring (bicyclic) bond motifs is 7. The van der Waals surface area contributed by atoms with Gasteiger partial charge < -0.3 is 4.42 Å². The van der Waals surface area contributed by atoms with Gasteiger partial charge in [0.05, 0.1) is 33.2 Å². The van der Waals surface area contributed by atoms with Gasteiger partial charge in [-0.15, -0.1) is 0 Å². The highest BCUT2D eigenvalue weighted by atomic mass is 16.3. The predicted octanol–water partition coefficient (Wildman–Crippen LogP) is 12.9. The van der Waals surface area contributed by atoms with Crippen molar-refractivity contribution in [3.8, 4) is 56.9 Å². The van der Waals surface area contributed by atoms with E-state index in [4.69, 9.17) is 24.4 Å². The highest BCUT2D eigenvalue weighted by Crippen LogP contribution is 2.42. The number of nitrogens with zero attached hydrogens (tertiary/aromatic N) is 6. The van der Waals surface area contributed by atoms with Gasteiger partial charge in [-0.2, -0.15) is 9.97 Å². The van der Waals surface area contributed by atoms with E-state index in [1.807, 2.05) is 48.5 Å². The predicted molar refractivity (Wildman–Crippen MR) is 238 cm³/mol. The Morgan fingerprint density at radius 3 is 1.69 bits per heavy atom. The third-order valence-corrected chi connectivity index (χ3v) is 11.2. The van der Waals surface area contributed by atoms with Gasteiger partial charge >= 0.3 is 0 Å². The van der Waals surface area contributed by atoms with Crippen LogP contribution >= 0.6 is 0 Å². The molecule has 0 N–H and O–H groups in total. The Labute approximate surface area is 338 Å². The molecule has 0 aliphatic rings. The summed E-state index contributed by atoms with van der Waals surface area (Å²) in [5.41, 5.74) is 11.3. The Kier molecular flexibility index (Phi) is 7.40. The maximum absolute atomic E-state index is 7.03. The summed E-state index contributed by atoms with van der Waals surface area (Å²) in [4.78, 5) is 20.9. The van der Waals surface area contributed by atoms with Crippen LogP contribution in [0.5, 0.6) is 0 Å². The van der Waals surface area contributed by atoms with E-state index < -0.39 is 0 Å². The lowest BCUT2D eigenvalue weighted by atomic mass is 9.99. The molecule has 0 saturated carbocycles. The van der Waals surface area contributed by atoms with Crippen LogP contribution in [-0.4, -0.2) is 29.1 Å². The van der Waals surface area contributed by atoms with Crippen molar-refractivity contribution in [3.63, 3.8) is 0 Å². The molecule has 7 heteroatoms. The number of aromatic nitrogens is 6. The number of hydrogen-bond donors (Lipinski definition) is 0. The Bertz CT molecular complexity index is 3550. The lowest BCUT2D eigenvalue weighted by Crippen LogP contribution is -2.06. The average molecular weight is 757 g/mol. The Hall–Kier alpha value is -8.16. The van der Waals surface area contributed by atoms with Gasteiger partial charge in [0.2, 0.25) is 5.95 Å². The first-order valence-electron chi connectivity index (χ1n) is 19.7. The smallest absolute Gasteiger partial charge is 0.238 e. The third kappa shape index (κ3) is 5.22. The molecule has 0 bridgehead atoms. The first-order valence-corrected chi connectivity index (χ1v) is 19.7. The first-order chi connectivity index (χ1) is 29.3. The summed E-state index contributed by atoms with van der Waals surface area (Å²) in [6, 6.07) is 66.6. The van der Waals surface area contributed by atoms with Crippen molar-refractivity contribution in [1.82, 2.24) is 29.1 Å². The average Bonchev–Trinajstić information content (AvgIpc) is 4.00. The largest absolute Gasteiger partial charge is 0.455 e. The summed E-state index contributed by atoms with van der Waals surface area (Å²) in [5, 5.41) is 4.22. The molecule has 12 aromatic rings. The van der Waals surface area contributed by atoms with Crippen molar-refractivity contribution >= 4 is 54.8 Å². The molecule has 0 unspecified atom stereocenters. The van der Waals surface area contributed by atoms with Gasteiger partial charge in [0, 0.05) is 32.8 Å². The number of imidazole rings is 1. The highest BCUT2D eigenvalue weighted by Gasteiger charge is 2.24. The van der Waals surface area contributed by atoms with Crippen molar-refractivity contribution in [1.29, 1.82) is 0 Å². The Morgan fingerprint density at radius 1 is 0.356 bits per heavy atom. The molecule has 276 valence electrons. The second-order valence-electron chi connectivity index (χ2n) is 14.6. The monoisotopic (exact) mass is 756 g/mol. The topological polar surface area (TPSA) is 74.6 Å². The number of hydrogen-bond acceptors (Lipinski definition) is 5. The lowest BCUT2D eigenvalue weighted by molar-refractivity contribution is 0.670. The van der Waals surface area contributed by atoms with Gasteiger partial charge in [-0.3, -0.25) is 9.13 Å². The van der Waals surface area contributed by atoms with Crippen molar-refractivity contribution in [2.45, 2.75) is 0 Å². The normalized spacial score (nSPS) is 11.7. The number of para-hydroxylation sites is 6. The quantitative estimate of drug-likeness (QED) is 0.169. The Morgan fingerprint density at radius 2 is 0.915 bits per heavy atom. The third-order valence-electron chi connectivity index (χ3n) is 11.2. The standard InChI is InChI=1S/C52H32N6O/c1-4-17-33(18-5-1)36-24-16-32-45-46(36)39-23-10-12-30-43(39)58(45)52-55-49(34-19-6-2-7-20-34)54-50(56-52)40-27-14-25-37-38-26-15-28-41(48(38)59-47(37)40)51-53-42-29-11-13-31-44(42)57(51)35-21-8-3-9-22-35/h1-32H. The molecule has 12 rings (SSSR count). The van der Waals surface area contributed by atoms with Crippen LogP contribution in [0.15, 0.2) is 199 Å². The fourth-order valence-corrected chi connectivity index (χ4v) is 8.61. The second-order valence-corrected chi connectivity index (χ2v) is 14.6.